The zero-order valence-corrected chi connectivity index (χ0v) is 14.2. The lowest BCUT2D eigenvalue weighted by molar-refractivity contribution is 0.0926. The first-order chi connectivity index (χ1) is 9.04. The van der Waals surface area contributed by atoms with Crippen LogP contribution in [-0.2, 0) is 6.42 Å². The minimum absolute atomic E-state index is 0. The summed E-state index contributed by atoms with van der Waals surface area (Å²) in [5.41, 5.74) is 1.49. The van der Waals surface area contributed by atoms with E-state index in [9.17, 15) is 4.79 Å². The Morgan fingerprint density at radius 3 is 2.65 bits per heavy atom. The number of carbonyl (C=O) groups excluding carboxylic acids is 1. The maximum atomic E-state index is 12.2. The van der Waals surface area contributed by atoms with Gasteiger partial charge in [-0.15, -0.1) is 23.7 Å². The molecule has 0 atom stereocenters. The molecule has 1 aromatic rings. The summed E-state index contributed by atoms with van der Waals surface area (Å²) in [5.74, 6) is 0.0903. The Labute approximate surface area is 131 Å². The Balaban J connectivity index is 0.00000200. The maximum absolute atomic E-state index is 12.2. The van der Waals surface area contributed by atoms with E-state index in [1.165, 1.54) is 10.4 Å². The van der Waals surface area contributed by atoms with Crippen LogP contribution < -0.4 is 10.6 Å². The number of aryl methyl sites for hydroxylation is 2. The molecule has 1 saturated heterocycles. The van der Waals surface area contributed by atoms with E-state index in [-0.39, 0.29) is 23.7 Å². The average molecular weight is 317 g/mol. The van der Waals surface area contributed by atoms with Crippen molar-refractivity contribution in [1.29, 1.82) is 0 Å². The molecule has 1 aromatic heterocycles. The van der Waals surface area contributed by atoms with Crippen molar-refractivity contribution in [2.24, 2.45) is 5.41 Å². The van der Waals surface area contributed by atoms with E-state index >= 15 is 0 Å². The van der Waals surface area contributed by atoms with Crippen molar-refractivity contribution in [3.8, 4) is 0 Å². The number of piperidine rings is 1. The van der Waals surface area contributed by atoms with Crippen LogP contribution >= 0.6 is 23.7 Å². The molecule has 2 heterocycles. The molecule has 2 rings (SSSR count). The molecule has 3 nitrogen and oxygen atoms in total. The van der Waals surface area contributed by atoms with Gasteiger partial charge >= 0.3 is 0 Å². The molecular formula is C15H25ClN2OS. The summed E-state index contributed by atoms with van der Waals surface area (Å²) in [6.07, 6.45) is 3.28. The Morgan fingerprint density at radius 1 is 1.45 bits per heavy atom. The molecule has 5 heteroatoms. The van der Waals surface area contributed by atoms with Crippen LogP contribution in [0, 0.1) is 12.3 Å². The smallest absolute Gasteiger partial charge is 0.261 e. The predicted molar refractivity (Wildman–Crippen MR) is 88.2 cm³/mol. The van der Waals surface area contributed by atoms with Crippen LogP contribution in [0.5, 0.6) is 0 Å². The monoisotopic (exact) mass is 316 g/mol. The van der Waals surface area contributed by atoms with Crippen LogP contribution in [0.1, 0.15) is 46.8 Å². The Hall–Kier alpha value is -0.580. The van der Waals surface area contributed by atoms with Gasteiger partial charge < -0.3 is 10.6 Å². The minimum Gasteiger partial charge on any atom is -0.351 e. The van der Waals surface area contributed by atoms with Crippen LogP contribution in [0.4, 0.5) is 0 Å². The van der Waals surface area contributed by atoms with Crippen LogP contribution in [0.15, 0.2) is 6.07 Å². The normalized spacial score (nSPS) is 17.4. The summed E-state index contributed by atoms with van der Waals surface area (Å²) in [7, 11) is 0. The van der Waals surface area contributed by atoms with Crippen molar-refractivity contribution >= 4 is 29.7 Å². The molecule has 0 spiro atoms. The van der Waals surface area contributed by atoms with Crippen molar-refractivity contribution < 1.29 is 4.79 Å². The molecule has 0 aliphatic carbocycles. The summed E-state index contributed by atoms with van der Waals surface area (Å²) >= 11 is 1.63. The van der Waals surface area contributed by atoms with Gasteiger partial charge in [0, 0.05) is 11.4 Å². The Bertz CT molecular complexity index is 453. The summed E-state index contributed by atoms with van der Waals surface area (Å²) in [5, 5.41) is 6.48. The number of hydrogen-bond donors (Lipinski definition) is 2. The molecular weight excluding hydrogens is 292 g/mol. The fourth-order valence-electron chi connectivity index (χ4n) is 2.57. The van der Waals surface area contributed by atoms with Gasteiger partial charge in [-0.3, -0.25) is 4.79 Å². The molecule has 1 amide bonds. The number of nitrogens with one attached hydrogen (secondary N) is 2. The van der Waals surface area contributed by atoms with Gasteiger partial charge in [-0.05, 0) is 56.3 Å². The van der Waals surface area contributed by atoms with E-state index in [0.717, 1.165) is 43.8 Å². The third kappa shape index (κ3) is 4.21. The predicted octanol–water partition coefficient (Wildman–Crippen LogP) is 3.16. The number of hydrogen-bond acceptors (Lipinski definition) is 3. The second kappa shape index (κ2) is 7.43. The fourth-order valence-corrected chi connectivity index (χ4v) is 3.60. The number of rotatable bonds is 4. The number of thiophene rings is 1. The van der Waals surface area contributed by atoms with Gasteiger partial charge in [-0.25, -0.2) is 0 Å². The third-order valence-electron chi connectivity index (χ3n) is 4.05. The van der Waals surface area contributed by atoms with Gasteiger partial charge in [0.2, 0.25) is 0 Å². The highest BCUT2D eigenvalue weighted by Gasteiger charge is 2.27. The van der Waals surface area contributed by atoms with E-state index in [2.05, 4.69) is 31.4 Å². The summed E-state index contributed by atoms with van der Waals surface area (Å²) in [4.78, 5) is 14.4. The topological polar surface area (TPSA) is 41.1 Å². The molecule has 1 aliphatic rings. The Kier molecular flexibility index (Phi) is 6.49. The lowest BCUT2D eigenvalue weighted by Crippen LogP contribution is -2.42. The molecule has 0 aromatic carbocycles. The van der Waals surface area contributed by atoms with Gasteiger partial charge in [0.15, 0.2) is 0 Å². The first-order valence-electron chi connectivity index (χ1n) is 7.12. The molecule has 1 aliphatic heterocycles. The molecule has 0 saturated carbocycles. The highest BCUT2D eigenvalue weighted by molar-refractivity contribution is 7.14. The van der Waals surface area contributed by atoms with Gasteiger partial charge in [-0.2, -0.15) is 0 Å². The maximum Gasteiger partial charge on any atom is 0.261 e. The lowest BCUT2D eigenvalue weighted by Gasteiger charge is -2.34. The van der Waals surface area contributed by atoms with Crippen molar-refractivity contribution in [3.63, 3.8) is 0 Å². The summed E-state index contributed by atoms with van der Waals surface area (Å²) in [6, 6.07) is 2.02. The third-order valence-corrected chi connectivity index (χ3v) is 5.43. The second-order valence-corrected chi connectivity index (χ2v) is 6.95. The molecule has 0 radical (unpaired) electrons. The van der Waals surface area contributed by atoms with E-state index in [1.54, 1.807) is 11.3 Å². The van der Waals surface area contributed by atoms with Gasteiger partial charge in [0.25, 0.3) is 5.91 Å². The van der Waals surface area contributed by atoms with Crippen LogP contribution in [0.25, 0.3) is 0 Å². The summed E-state index contributed by atoms with van der Waals surface area (Å²) in [6.45, 7) is 9.39. The van der Waals surface area contributed by atoms with Crippen LogP contribution in [0.3, 0.4) is 0 Å². The highest BCUT2D eigenvalue weighted by atomic mass is 35.5. The standard InChI is InChI=1S/C15H24N2OS.ClH/c1-4-12-11(2)9-13(19-12)14(18)17-10-15(3)5-7-16-8-6-15;/h9,16H,4-8,10H2,1-3H3,(H,17,18);1H. The van der Waals surface area contributed by atoms with Crippen LogP contribution in [0.2, 0.25) is 0 Å². The zero-order valence-electron chi connectivity index (χ0n) is 12.5. The van der Waals surface area contributed by atoms with Gasteiger partial charge in [-0.1, -0.05) is 13.8 Å². The Morgan fingerprint density at radius 2 is 2.10 bits per heavy atom. The van der Waals surface area contributed by atoms with Gasteiger partial charge in [0.05, 0.1) is 4.88 Å². The highest BCUT2D eigenvalue weighted by Crippen LogP contribution is 2.27. The molecule has 1 fully saturated rings. The molecule has 0 unspecified atom stereocenters. The number of carbonyl (C=O) groups is 1. The molecule has 114 valence electrons. The second-order valence-electron chi connectivity index (χ2n) is 5.81. The first-order valence-corrected chi connectivity index (χ1v) is 7.94. The summed E-state index contributed by atoms with van der Waals surface area (Å²) < 4.78 is 0. The number of amides is 1. The van der Waals surface area contributed by atoms with Gasteiger partial charge in [0.1, 0.15) is 0 Å². The van der Waals surface area contributed by atoms with E-state index in [4.69, 9.17) is 0 Å². The minimum atomic E-state index is 0. The SMILES string of the molecule is CCc1sc(C(=O)NCC2(C)CCNCC2)cc1C.Cl. The largest absolute Gasteiger partial charge is 0.351 e. The van der Waals surface area contributed by atoms with Crippen molar-refractivity contribution in [2.75, 3.05) is 19.6 Å². The van der Waals surface area contributed by atoms with Crippen LogP contribution in [-0.4, -0.2) is 25.5 Å². The quantitative estimate of drug-likeness (QED) is 0.896. The van der Waals surface area contributed by atoms with E-state index in [1.807, 2.05) is 6.07 Å². The van der Waals surface area contributed by atoms with Crippen molar-refractivity contribution in [3.05, 3.63) is 21.4 Å². The van der Waals surface area contributed by atoms with E-state index < -0.39 is 0 Å². The molecule has 20 heavy (non-hydrogen) atoms. The molecule has 0 bridgehead atoms. The van der Waals surface area contributed by atoms with Crippen molar-refractivity contribution in [2.45, 2.75) is 40.0 Å². The average Bonchev–Trinajstić information content (AvgIpc) is 2.78. The lowest BCUT2D eigenvalue weighted by atomic mass is 9.81. The van der Waals surface area contributed by atoms with Crippen molar-refractivity contribution in [1.82, 2.24) is 10.6 Å². The first kappa shape index (κ1) is 17.5. The number of halogens is 1. The fraction of sp³-hybridized carbons (Fsp3) is 0.667. The zero-order chi connectivity index (χ0) is 13.9. The molecule has 2 N–H and O–H groups in total. The van der Waals surface area contributed by atoms with E-state index in [0.29, 0.717) is 0 Å².